The number of rotatable bonds is 7. The maximum Gasteiger partial charge on any atom is 0.161 e. The van der Waals surface area contributed by atoms with Crippen LogP contribution in [0.1, 0.15) is 11.1 Å². The van der Waals surface area contributed by atoms with Crippen LogP contribution < -0.4 is 5.32 Å². The molecule has 0 aliphatic rings. The maximum atomic E-state index is 16.1. The summed E-state index contributed by atoms with van der Waals surface area (Å²) in [5.41, 5.74) is 7.04. The molecule has 0 amide bonds. The number of pyridine rings is 3. The van der Waals surface area contributed by atoms with E-state index >= 15 is 4.39 Å². The smallest absolute Gasteiger partial charge is 0.161 e. The third-order valence-corrected chi connectivity index (χ3v) is 7.22. The number of imidazole rings is 1. The minimum atomic E-state index is -0.482. The summed E-state index contributed by atoms with van der Waals surface area (Å²) >= 11 is 1.59. The number of fused-ring (bicyclic) bond motifs is 2. The van der Waals surface area contributed by atoms with Crippen LogP contribution in [0, 0.1) is 5.82 Å². The average Bonchev–Trinajstić information content (AvgIpc) is 3.74. The molecule has 0 aliphatic heterocycles. The fourth-order valence-electron chi connectivity index (χ4n) is 4.67. The number of thiophene rings is 1. The van der Waals surface area contributed by atoms with Crippen molar-refractivity contribution in [1.29, 1.82) is 0 Å². The standard InChI is InChI=1S/C29H21FN8S/c30-24-23-22(15-34-25(24)20-10-18(13-32-14-20)12-31-11-17-4-2-1-3-5-17)37-38-28(23)29-35-21-6-8-33-26(27(21)36-29)19-7-9-39-16-19/h1-10,13-16,31H,11-12H2,(H,35,36)(H,37,38). The normalized spacial score (nSPS) is 11.5. The van der Waals surface area contributed by atoms with Crippen molar-refractivity contribution in [1.82, 2.24) is 40.4 Å². The lowest BCUT2D eigenvalue weighted by atomic mass is 10.1. The second-order valence-electron chi connectivity index (χ2n) is 9.11. The predicted molar refractivity (Wildman–Crippen MR) is 150 cm³/mol. The van der Waals surface area contributed by atoms with E-state index in [2.05, 4.69) is 47.6 Å². The van der Waals surface area contributed by atoms with Gasteiger partial charge in [-0.1, -0.05) is 30.3 Å². The molecule has 0 atom stereocenters. The highest BCUT2D eigenvalue weighted by atomic mass is 32.1. The number of benzene rings is 1. The summed E-state index contributed by atoms with van der Waals surface area (Å²) in [7, 11) is 0. The van der Waals surface area contributed by atoms with E-state index in [0.717, 1.165) is 28.9 Å². The van der Waals surface area contributed by atoms with Gasteiger partial charge in [-0.25, -0.2) is 9.37 Å². The Hall–Kier alpha value is -4.80. The number of hydrogen-bond acceptors (Lipinski definition) is 7. The first-order chi connectivity index (χ1) is 19.2. The Morgan fingerprint density at radius 2 is 1.74 bits per heavy atom. The van der Waals surface area contributed by atoms with Crippen molar-refractivity contribution in [3.8, 4) is 34.0 Å². The van der Waals surface area contributed by atoms with Crippen LogP contribution in [0.15, 0.2) is 84.1 Å². The molecule has 8 nitrogen and oxygen atoms in total. The van der Waals surface area contributed by atoms with E-state index in [1.54, 1.807) is 36.1 Å². The Labute approximate surface area is 226 Å². The van der Waals surface area contributed by atoms with Crippen LogP contribution in [-0.2, 0) is 13.1 Å². The second-order valence-corrected chi connectivity index (χ2v) is 9.89. The van der Waals surface area contributed by atoms with Crippen LogP contribution >= 0.6 is 11.3 Å². The van der Waals surface area contributed by atoms with Crippen LogP contribution in [0.5, 0.6) is 0 Å². The molecule has 6 aromatic heterocycles. The zero-order valence-corrected chi connectivity index (χ0v) is 21.3. The molecule has 190 valence electrons. The Bertz CT molecular complexity index is 1910. The summed E-state index contributed by atoms with van der Waals surface area (Å²) in [6.45, 7) is 1.32. The molecule has 39 heavy (non-hydrogen) atoms. The first kappa shape index (κ1) is 23.3. The van der Waals surface area contributed by atoms with Crippen LogP contribution in [0.4, 0.5) is 4.39 Å². The molecule has 0 fully saturated rings. The number of H-pyrrole nitrogens is 2. The van der Waals surface area contributed by atoms with Crippen LogP contribution in [0.25, 0.3) is 56.0 Å². The summed E-state index contributed by atoms with van der Waals surface area (Å²) in [5, 5.41) is 15.0. The second kappa shape index (κ2) is 9.82. The summed E-state index contributed by atoms with van der Waals surface area (Å²) in [4.78, 5) is 21.3. The van der Waals surface area contributed by atoms with Gasteiger partial charge in [-0.2, -0.15) is 16.4 Å². The number of aromatic amines is 2. The molecule has 6 heterocycles. The fraction of sp³-hybridized carbons (Fsp3) is 0.0690. The van der Waals surface area contributed by atoms with Gasteiger partial charge in [0.25, 0.3) is 0 Å². The molecule has 10 heteroatoms. The van der Waals surface area contributed by atoms with Crippen molar-refractivity contribution in [2.24, 2.45) is 0 Å². The largest absolute Gasteiger partial charge is 0.336 e. The monoisotopic (exact) mass is 532 g/mol. The van der Waals surface area contributed by atoms with E-state index in [1.807, 2.05) is 47.2 Å². The van der Waals surface area contributed by atoms with Gasteiger partial charge in [-0.15, -0.1) is 0 Å². The van der Waals surface area contributed by atoms with E-state index < -0.39 is 5.82 Å². The van der Waals surface area contributed by atoms with Crippen molar-refractivity contribution in [3.63, 3.8) is 0 Å². The molecule has 0 radical (unpaired) electrons. The van der Waals surface area contributed by atoms with Gasteiger partial charge in [-0.3, -0.25) is 20.1 Å². The molecular formula is C29H21FN8S. The summed E-state index contributed by atoms with van der Waals surface area (Å²) in [6, 6.07) is 15.9. The molecule has 3 N–H and O–H groups in total. The molecule has 0 saturated carbocycles. The van der Waals surface area contributed by atoms with Crippen LogP contribution in [0.3, 0.4) is 0 Å². The Kier molecular flexibility index (Phi) is 5.87. The molecule has 7 aromatic rings. The van der Waals surface area contributed by atoms with Gasteiger partial charge in [0.15, 0.2) is 11.6 Å². The molecule has 1 aromatic carbocycles. The highest BCUT2D eigenvalue weighted by Crippen LogP contribution is 2.34. The summed E-state index contributed by atoms with van der Waals surface area (Å²) in [5.74, 6) is -0.0298. The van der Waals surface area contributed by atoms with E-state index in [4.69, 9.17) is 4.98 Å². The highest BCUT2D eigenvalue weighted by Gasteiger charge is 2.21. The number of nitrogens with zero attached hydrogens (tertiary/aromatic N) is 5. The van der Waals surface area contributed by atoms with E-state index in [0.29, 0.717) is 40.0 Å². The molecule has 0 unspecified atom stereocenters. The van der Waals surface area contributed by atoms with E-state index in [9.17, 15) is 0 Å². The first-order valence-corrected chi connectivity index (χ1v) is 13.3. The highest BCUT2D eigenvalue weighted by molar-refractivity contribution is 7.08. The average molecular weight is 533 g/mol. The lowest BCUT2D eigenvalue weighted by molar-refractivity contribution is 0.638. The lowest BCUT2D eigenvalue weighted by Gasteiger charge is -2.08. The third-order valence-electron chi connectivity index (χ3n) is 6.53. The van der Waals surface area contributed by atoms with Gasteiger partial charge in [-0.05, 0) is 34.7 Å². The minimum Gasteiger partial charge on any atom is -0.336 e. The number of hydrogen-bond donors (Lipinski definition) is 3. The van der Waals surface area contributed by atoms with E-state index in [1.165, 1.54) is 5.56 Å². The SMILES string of the molecule is Fc1c(-c2cncc(CNCc3ccccc3)c2)ncc2[nH]nc(-c3nc4c(-c5ccsc5)nccc4[nH]3)c12. The Morgan fingerprint density at radius 3 is 2.62 bits per heavy atom. The van der Waals surface area contributed by atoms with Crippen molar-refractivity contribution < 1.29 is 4.39 Å². The van der Waals surface area contributed by atoms with Crippen LogP contribution in [0.2, 0.25) is 0 Å². The van der Waals surface area contributed by atoms with Gasteiger partial charge in [0.1, 0.15) is 16.9 Å². The zero-order valence-electron chi connectivity index (χ0n) is 20.5. The summed E-state index contributed by atoms with van der Waals surface area (Å²) < 4.78 is 16.1. The Balaban J connectivity index is 1.23. The Morgan fingerprint density at radius 1 is 0.846 bits per heavy atom. The lowest BCUT2D eigenvalue weighted by Crippen LogP contribution is -2.12. The molecule has 0 aliphatic carbocycles. The van der Waals surface area contributed by atoms with Gasteiger partial charge >= 0.3 is 0 Å². The molecule has 0 spiro atoms. The minimum absolute atomic E-state index is 0.208. The predicted octanol–water partition coefficient (Wildman–Crippen LogP) is 6.12. The first-order valence-electron chi connectivity index (χ1n) is 12.3. The third kappa shape index (κ3) is 4.35. The van der Waals surface area contributed by atoms with Gasteiger partial charge < -0.3 is 10.3 Å². The van der Waals surface area contributed by atoms with Gasteiger partial charge in [0.2, 0.25) is 0 Å². The molecule has 0 bridgehead atoms. The van der Waals surface area contributed by atoms with Crippen molar-refractivity contribution in [2.75, 3.05) is 0 Å². The van der Waals surface area contributed by atoms with Crippen molar-refractivity contribution in [3.05, 3.63) is 101 Å². The number of nitrogens with one attached hydrogen (secondary N) is 3. The van der Waals surface area contributed by atoms with Gasteiger partial charge in [0, 0.05) is 48.2 Å². The van der Waals surface area contributed by atoms with Crippen LogP contribution in [-0.4, -0.2) is 35.1 Å². The topological polar surface area (TPSA) is 108 Å². The molecule has 7 rings (SSSR count). The number of halogens is 1. The quantitative estimate of drug-likeness (QED) is 0.228. The van der Waals surface area contributed by atoms with Crippen molar-refractivity contribution in [2.45, 2.75) is 13.1 Å². The molecule has 0 saturated heterocycles. The number of aromatic nitrogens is 7. The maximum absolute atomic E-state index is 16.1. The van der Waals surface area contributed by atoms with Crippen molar-refractivity contribution >= 4 is 33.3 Å². The molecular weight excluding hydrogens is 511 g/mol. The van der Waals surface area contributed by atoms with E-state index in [-0.39, 0.29) is 5.69 Å². The summed E-state index contributed by atoms with van der Waals surface area (Å²) in [6.07, 6.45) is 6.72. The fourth-order valence-corrected chi connectivity index (χ4v) is 5.31. The zero-order chi connectivity index (χ0) is 26.2. The van der Waals surface area contributed by atoms with Gasteiger partial charge in [0.05, 0.1) is 28.3 Å².